The Morgan fingerprint density at radius 1 is 1.32 bits per heavy atom. The summed E-state index contributed by atoms with van der Waals surface area (Å²) in [5, 5.41) is 0.303. The number of hydrogen-bond donors (Lipinski definition) is 1. The third-order valence-electron chi connectivity index (χ3n) is 3.46. The minimum Gasteiger partial charge on any atom is -0.378 e. The second kappa shape index (κ2) is 5.78. The van der Waals surface area contributed by atoms with Crippen LogP contribution in [-0.4, -0.2) is 15.6 Å². The molecule has 4 nitrogen and oxygen atoms in total. The van der Waals surface area contributed by atoms with Crippen LogP contribution in [0.1, 0.15) is 17.0 Å². The monoisotopic (exact) mass is 375 g/mol. The molecule has 0 atom stereocenters. The van der Waals surface area contributed by atoms with Crippen LogP contribution in [0.4, 0.5) is 0 Å². The van der Waals surface area contributed by atoms with Crippen molar-refractivity contribution in [2.24, 2.45) is 10.7 Å². The fourth-order valence-electron chi connectivity index (χ4n) is 2.51. The van der Waals surface area contributed by atoms with E-state index in [1.165, 1.54) is 11.8 Å². The zero-order chi connectivity index (χ0) is 15.9. The van der Waals surface area contributed by atoms with E-state index in [0.717, 1.165) is 27.1 Å². The second-order valence-corrected chi connectivity index (χ2v) is 6.99. The highest BCUT2D eigenvalue weighted by molar-refractivity contribution is 9.10. The van der Waals surface area contributed by atoms with Crippen LogP contribution in [0.2, 0.25) is 0 Å². The van der Waals surface area contributed by atoms with Gasteiger partial charge in [-0.2, -0.15) is 4.99 Å². The number of halogens is 1. The number of benzene rings is 1. The zero-order valence-corrected chi connectivity index (χ0v) is 14.5. The molecule has 2 N–H and O–H groups in total. The lowest BCUT2D eigenvalue weighted by atomic mass is 10.2. The van der Waals surface area contributed by atoms with Crippen LogP contribution in [-0.2, 0) is 4.79 Å². The lowest BCUT2D eigenvalue weighted by Crippen LogP contribution is -2.01. The summed E-state index contributed by atoms with van der Waals surface area (Å²) in [5.74, 6) is -0.269. The molecule has 2 aromatic rings. The molecule has 0 saturated heterocycles. The van der Waals surface area contributed by atoms with E-state index in [1.807, 2.05) is 32.1 Å². The summed E-state index contributed by atoms with van der Waals surface area (Å²) in [5.41, 5.74) is 9.84. The van der Waals surface area contributed by atoms with E-state index < -0.39 is 0 Å². The van der Waals surface area contributed by atoms with E-state index >= 15 is 0 Å². The van der Waals surface area contributed by atoms with Gasteiger partial charge in [-0.05, 0) is 61.5 Å². The van der Waals surface area contributed by atoms with Gasteiger partial charge in [-0.25, -0.2) is 0 Å². The topological polar surface area (TPSA) is 60.4 Å². The van der Waals surface area contributed by atoms with E-state index in [-0.39, 0.29) is 5.91 Å². The van der Waals surface area contributed by atoms with Crippen molar-refractivity contribution in [1.82, 2.24) is 4.57 Å². The average Bonchev–Trinajstić information content (AvgIpc) is 2.90. The molecule has 0 radical (unpaired) electrons. The van der Waals surface area contributed by atoms with Crippen LogP contribution in [0.3, 0.4) is 0 Å². The van der Waals surface area contributed by atoms with Crippen LogP contribution >= 0.6 is 27.7 Å². The summed E-state index contributed by atoms with van der Waals surface area (Å²) in [6.07, 6.45) is 1.85. The quantitative estimate of drug-likeness (QED) is 0.812. The van der Waals surface area contributed by atoms with Crippen molar-refractivity contribution in [2.45, 2.75) is 13.8 Å². The fraction of sp³-hybridized carbons (Fsp3) is 0.125. The number of carbonyl (C=O) groups is 1. The van der Waals surface area contributed by atoms with Crippen molar-refractivity contribution in [2.75, 3.05) is 0 Å². The molecular formula is C16H14BrN3OS. The Hall–Kier alpha value is -1.79. The van der Waals surface area contributed by atoms with Gasteiger partial charge in [0.15, 0.2) is 5.17 Å². The summed E-state index contributed by atoms with van der Waals surface area (Å²) in [6, 6.07) is 10.2. The lowest BCUT2D eigenvalue weighted by Gasteiger charge is -2.10. The summed E-state index contributed by atoms with van der Waals surface area (Å²) in [7, 11) is 0. The first-order chi connectivity index (χ1) is 10.5. The number of rotatable bonds is 2. The largest absolute Gasteiger partial charge is 0.378 e. The first-order valence-electron chi connectivity index (χ1n) is 6.68. The average molecular weight is 376 g/mol. The van der Waals surface area contributed by atoms with Crippen LogP contribution in [0.5, 0.6) is 0 Å². The summed E-state index contributed by atoms with van der Waals surface area (Å²) < 4.78 is 3.19. The number of nitrogens with two attached hydrogens (primary N) is 1. The number of nitrogens with zero attached hydrogens (tertiary/aromatic N) is 2. The van der Waals surface area contributed by atoms with E-state index in [0.29, 0.717) is 10.1 Å². The minimum absolute atomic E-state index is 0.269. The molecule has 1 aromatic carbocycles. The molecule has 0 aliphatic carbocycles. The predicted octanol–water partition coefficient (Wildman–Crippen LogP) is 3.79. The maximum absolute atomic E-state index is 11.7. The first kappa shape index (κ1) is 15.1. The van der Waals surface area contributed by atoms with E-state index in [2.05, 4.69) is 43.7 Å². The highest BCUT2D eigenvalue weighted by atomic mass is 79.9. The van der Waals surface area contributed by atoms with Crippen molar-refractivity contribution in [3.63, 3.8) is 0 Å². The molecule has 1 aliphatic rings. The van der Waals surface area contributed by atoms with Crippen molar-refractivity contribution in [3.8, 4) is 5.69 Å². The van der Waals surface area contributed by atoms with Gasteiger partial charge in [0.25, 0.3) is 5.91 Å². The summed E-state index contributed by atoms with van der Waals surface area (Å²) >= 11 is 4.71. The third kappa shape index (κ3) is 2.76. The number of amidine groups is 1. The Balaban J connectivity index is 2.05. The Morgan fingerprint density at radius 2 is 2.09 bits per heavy atom. The minimum atomic E-state index is -0.269. The Morgan fingerprint density at radius 3 is 2.73 bits per heavy atom. The van der Waals surface area contributed by atoms with Gasteiger partial charge in [0.2, 0.25) is 0 Å². The number of aryl methyl sites for hydroxylation is 1. The Bertz CT molecular complexity index is 836. The molecule has 0 saturated carbocycles. The van der Waals surface area contributed by atoms with Crippen molar-refractivity contribution >= 4 is 44.8 Å². The zero-order valence-electron chi connectivity index (χ0n) is 12.1. The maximum atomic E-state index is 11.7. The number of carbonyl (C=O) groups excluding carboxylic acids is 1. The standard InChI is InChI=1S/C16H14BrN3OS/c1-9-6-11(7-14-15(21)19-16(18)22-14)10(2)20(9)13-5-3-4-12(17)8-13/h3-8H,1-2H3,(H2,18,19,21). The number of aromatic nitrogens is 1. The van der Waals surface area contributed by atoms with Gasteiger partial charge in [-0.1, -0.05) is 22.0 Å². The molecule has 112 valence electrons. The van der Waals surface area contributed by atoms with Gasteiger partial charge in [0, 0.05) is 21.5 Å². The van der Waals surface area contributed by atoms with Crippen LogP contribution in [0.15, 0.2) is 44.7 Å². The van der Waals surface area contributed by atoms with Crippen LogP contribution in [0, 0.1) is 13.8 Å². The number of thioether (sulfide) groups is 1. The van der Waals surface area contributed by atoms with Gasteiger partial charge in [-0.15, -0.1) is 0 Å². The van der Waals surface area contributed by atoms with E-state index in [1.54, 1.807) is 0 Å². The van der Waals surface area contributed by atoms with Crippen LogP contribution < -0.4 is 5.73 Å². The normalized spacial score (nSPS) is 16.4. The van der Waals surface area contributed by atoms with E-state index in [9.17, 15) is 4.79 Å². The van der Waals surface area contributed by atoms with E-state index in [4.69, 9.17) is 5.73 Å². The van der Waals surface area contributed by atoms with Crippen LogP contribution in [0.25, 0.3) is 11.8 Å². The molecule has 1 amide bonds. The maximum Gasteiger partial charge on any atom is 0.286 e. The molecule has 3 rings (SSSR count). The molecule has 22 heavy (non-hydrogen) atoms. The predicted molar refractivity (Wildman–Crippen MR) is 95.1 cm³/mol. The highest BCUT2D eigenvalue weighted by Crippen LogP contribution is 2.30. The summed E-state index contributed by atoms with van der Waals surface area (Å²) in [6.45, 7) is 4.08. The van der Waals surface area contributed by atoms with Gasteiger partial charge >= 0.3 is 0 Å². The fourth-order valence-corrected chi connectivity index (χ4v) is 3.57. The molecule has 2 heterocycles. The number of hydrogen-bond acceptors (Lipinski definition) is 3. The van der Waals surface area contributed by atoms with Gasteiger partial charge in [0.05, 0.1) is 4.91 Å². The first-order valence-corrected chi connectivity index (χ1v) is 8.29. The molecule has 1 aliphatic heterocycles. The Kier molecular flexibility index (Phi) is 3.97. The lowest BCUT2D eigenvalue weighted by molar-refractivity contribution is -0.113. The Labute approximate surface area is 141 Å². The smallest absolute Gasteiger partial charge is 0.286 e. The van der Waals surface area contributed by atoms with Crippen molar-refractivity contribution < 1.29 is 4.79 Å². The van der Waals surface area contributed by atoms with Crippen molar-refractivity contribution in [1.29, 1.82) is 0 Å². The summed E-state index contributed by atoms with van der Waals surface area (Å²) in [4.78, 5) is 16.0. The second-order valence-electron chi connectivity index (χ2n) is 5.01. The SMILES string of the molecule is Cc1cc(C=C2SC(N)=NC2=O)c(C)n1-c1cccc(Br)c1. The molecule has 0 spiro atoms. The molecule has 1 aromatic heterocycles. The molecule has 6 heteroatoms. The third-order valence-corrected chi connectivity index (χ3v) is 4.77. The van der Waals surface area contributed by atoms with Gasteiger partial charge < -0.3 is 10.3 Å². The van der Waals surface area contributed by atoms with Gasteiger partial charge in [-0.3, -0.25) is 4.79 Å². The molecule has 0 bridgehead atoms. The van der Waals surface area contributed by atoms with Crippen molar-refractivity contribution in [3.05, 3.63) is 56.7 Å². The number of aliphatic imine (C=N–C) groups is 1. The highest BCUT2D eigenvalue weighted by Gasteiger charge is 2.20. The molecule has 0 unspecified atom stereocenters. The molecule has 0 fully saturated rings. The number of amides is 1. The molecular weight excluding hydrogens is 362 g/mol. The van der Waals surface area contributed by atoms with Gasteiger partial charge in [0.1, 0.15) is 0 Å².